The molecule has 1 unspecified atom stereocenters. The molecule has 0 amide bonds. The van der Waals surface area contributed by atoms with Crippen LogP contribution in [-0.4, -0.2) is 10.6 Å². The normalized spacial score (nSPS) is 12.9. The van der Waals surface area contributed by atoms with Gasteiger partial charge in [0.1, 0.15) is 0 Å². The number of rotatable bonds is 3. The number of hydrogen-bond donors (Lipinski definition) is 0. The number of alkyl halides is 3. The van der Waals surface area contributed by atoms with Crippen LogP contribution in [0.5, 0.6) is 0 Å². The summed E-state index contributed by atoms with van der Waals surface area (Å²) in [5.41, 5.74) is 0.191. The molecule has 0 fully saturated rings. The van der Waals surface area contributed by atoms with Crippen molar-refractivity contribution in [1.29, 1.82) is 0 Å². The van der Waals surface area contributed by atoms with Gasteiger partial charge in [-0.1, -0.05) is 34.1 Å². The summed E-state index contributed by atoms with van der Waals surface area (Å²) in [5, 5.41) is 0. The van der Waals surface area contributed by atoms with Gasteiger partial charge in [-0.3, -0.25) is 4.79 Å². The van der Waals surface area contributed by atoms with Gasteiger partial charge >= 0.3 is 0 Å². The number of Topliss-reactive ketones (excluding diaryl/α,β-unsaturated/α-hetero) is 1. The largest absolute Gasteiger partial charge is 0.293 e. The van der Waals surface area contributed by atoms with E-state index in [1.807, 2.05) is 0 Å². The van der Waals surface area contributed by atoms with E-state index in [-0.39, 0.29) is 16.2 Å². The maximum absolute atomic E-state index is 12.3. The minimum atomic E-state index is -2.53. The first kappa shape index (κ1) is 11.3. The number of halogens is 3. The van der Waals surface area contributed by atoms with Gasteiger partial charge in [0.05, 0.1) is 4.83 Å². The van der Waals surface area contributed by atoms with Gasteiger partial charge in [-0.2, -0.15) is 0 Å². The molecule has 0 saturated heterocycles. The van der Waals surface area contributed by atoms with E-state index in [9.17, 15) is 13.6 Å². The third kappa shape index (κ3) is 2.61. The Morgan fingerprint density at radius 2 is 2.07 bits per heavy atom. The molecule has 1 nitrogen and oxygen atoms in total. The number of ketones is 1. The van der Waals surface area contributed by atoms with Crippen molar-refractivity contribution in [2.45, 2.75) is 18.2 Å². The van der Waals surface area contributed by atoms with E-state index in [0.29, 0.717) is 5.56 Å². The van der Waals surface area contributed by atoms with Gasteiger partial charge in [0.2, 0.25) is 0 Å². The Balaban J connectivity index is 3.00. The van der Waals surface area contributed by atoms with E-state index in [1.54, 1.807) is 6.92 Å². The molecule has 0 bridgehead atoms. The summed E-state index contributed by atoms with van der Waals surface area (Å²) in [5.74, 6) is -0.187. The molecule has 0 aromatic heterocycles. The molecule has 0 radical (unpaired) electrons. The van der Waals surface area contributed by atoms with Crippen LogP contribution in [0.1, 0.15) is 29.3 Å². The highest BCUT2D eigenvalue weighted by molar-refractivity contribution is 9.10. The van der Waals surface area contributed by atoms with Crippen molar-refractivity contribution in [3.05, 3.63) is 35.4 Å². The molecule has 0 N–H and O–H groups in total. The van der Waals surface area contributed by atoms with Crippen molar-refractivity contribution < 1.29 is 13.6 Å². The lowest BCUT2D eigenvalue weighted by molar-refractivity contribution is 0.0995. The summed E-state index contributed by atoms with van der Waals surface area (Å²) >= 11 is 3.10. The Hall–Kier alpha value is -0.770. The molecule has 1 aromatic carbocycles. The van der Waals surface area contributed by atoms with Gasteiger partial charge in [-0.25, -0.2) is 8.78 Å². The van der Waals surface area contributed by atoms with Crippen LogP contribution in [0.4, 0.5) is 8.78 Å². The SMILES string of the molecule is CC(Br)C(=O)c1cccc(C(F)F)c1. The van der Waals surface area contributed by atoms with Crippen LogP contribution < -0.4 is 0 Å². The number of hydrogen-bond acceptors (Lipinski definition) is 1. The molecule has 0 aliphatic carbocycles. The van der Waals surface area contributed by atoms with Crippen LogP contribution in [0.15, 0.2) is 24.3 Å². The average molecular weight is 263 g/mol. The maximum Gasteiger partial charge on any atom is 0.263 e. The van der Waals surface area contributed by atoms with Crippen molar-refractivity contribution in [2.75, 3.05) is 0 Å². The lowest BCUT2D eigenvalue weighted by Gasteiger charge is -2.05. The fourth-order valence-electron chi connectivity index (χ4n) is 1.06. The summed E-state index contributed by atoms with van der Waals surface area (Å²) in [6, 6.07) is 5.53. The maximum atomic E-state index is 12.3. The zero-order chi connectivity index (χ0) is 10.7. The van der Waals surface area contributed by atoms with Crippen molar-refractivity contribution in [3.8, 4) is 0 Å². The van der Waals surface area contributed by atoms with Gasteiger partial charge in [-0.15, -0.1) is 0 Å². The Labute approximate surface area is 89.3 Å². The lowest BCUT2D eigenvalue weighted by Crippen LogP contribution is -2.10. The summed E-state index contributed by atoms with van der Waals surface area (Å²) in [6.45, 7) is 1.66. The topological polar surface area (TPSA) is 17.1 Å². The van der Waals surface area contributed by atoms with E-state index in [4.69, 9.17) is 0 Å². The Morgan fingerprint density at radius 1 is 1.43 bits per heavy atom. The molecule has 1 aromatic rings. The van der Waals surface area contributed by atoms with Gasteiger partial charge in [-0.05, 0) is 13.0 Å². The molecule has 0 heterocycles. The quantitative estimate of drug-likeness (QED) is 0.601. The molecule has 14 heavy (non-hydrogen) atoms. The molecular formula is C10H9BrF2O. The standard InChI is InChI=1S/C10H9BrF2O/c1-6(11)9(14)7-3-2-4-8(5-7)10(12)13/h2-6,10H,1H3. The van der Waals surface area contributed by atoms with Gasteiger partial charge in [0, 0.05) is 11.1 Å². The minimum Gasteiger partial charge on any atom is -0.293 e. The van der Waals surface area contributed by atoms with Crippen LogP contribution in [0.2, 0.25) is 0 Å². The molecule has 0 aliphatic heterocycles. The second-order valence-electron chi connectivity index (χ2n) is 2.91. The molecular weight excluding hydrogens is 254 g/mol. The highest BCUT2D eigenvalue weighted by Gasteiger charge is 2.14. The third-order valence-electron chi connectivity index (χ3n) is 1.78. The second kappa shape index (κ2) is 4.64. The van der Waals surface area contributed by atoms with Crippen molar-refractivity contribution in [3.63, 3.8) is 0 Å². The molecule has 4 heteroatoms. The van der Waals surface area contributed by atoms with Crippen molar-refractivity contribution in [2.24, 2.45) is 0 Å². The summed E-state index contributed by atoms with van der Waals surface area (Å²) in [7, 11) is 0. The van der Waals surface area contributed by atoms with Gasteiger partial charge in [0.15, 0.2) is 5.78 Å². The van der Waals surface area contributed by atoms with E-state index in [2.05, 4.69) is 15.9 Å². The molecule has 1 atom stereocenters. The molecule has 0 spiro atoms. The van der Waals surface area contributed by atoms with E-state index in [1.165, 1.54) is 24.3 Å². The average Bonchev–Trinajstić information content (AvgIpc) is 2.16. The van der Waals surface area contributed by atoms with Crippen molar-refractivity contribution >= 4 is 21.7 Å². The Morgan fingerprint density at radius 3 is 2.57 bits per heavy atom. The Kier molecular flexibility index (Phi) is 3.75. The number of carbonyl (C=O) groups excluding carboxylic acids is 1. The zero-order valence-corrected chi connectivity index (χ0v) is 9.09. The first-order valence-electron chi connectivity index (χ1n) is 4.08. The van der Waals surface area contributed by atoms with Crippen LogP contribution in [0.25, 0.3) is 0 Å². The minimum absolute atomic E-state index is 0.121. The number of carbonyl (C=O) groups is 1. The second-order valence-corrected chi connectivity index (χ2v) is 4.28. The molecule has 0 saturated carbocycles. The first-order valence-corrected chi connectivity index (χ1v) is 5.00. The highest BCUT2D eigenvalue weighted by Crippen LogP contribution is 2.20. The van der Waals surface area contributed by atoms with Crippen LogP contribution in [0.3, 0.4) is 0 Å². The van der Waals surface area contributed by atoms with Crippen LogP contribution >= 0.6 is 15.9 Å². The third-order valence-corrected chi connectivity index (χ3v) is 2.20. The summed E-state index contributed by atoms with van der Waals surface area (Å²) < 4.78 is 24.6. The lowest BCUT2D eigenvalue weighted by atomic mass is 10.1. The van der Waals surface area contributed by atoms with Crippen molar-refractivity contribution in [1.82, 2.24) is 0 Å². The van der Waals surface area contributed by atoms with E-state index in [0.717, 1.165) is 0 Å². The fourth-order valence-corrected chi connectivity index (χ4v) is 1.32. The zero-order valence-electron chi connectivity index (χ0n) is 7.51. The van der Waals surface area contributed by atoms with Crippen LogP contribution in [-0.2, 0) is 0 Å². The molecule has 0 aliphatic rings. The summed E-state index contributed by atoms with van der Waals surface area (Å²) in [4.78, 5) is 11.1. The highest BCUT2D eigenvalue weighted by atomic mass is 79.9. The monoisotopic (exact) mass is 262 g/mol. The Bertz CT molecular complexity index is 337. The number of benzene rings is 1. The fraction of sp³-hybridized carbons (Fsp3) is 0.300. The predicted molar refractivity (Wildman–Crippen MR) is 54.1 cm³/mol. The smallest absolute Gasteiger partial charge is 0.263 e. The molecule has 1 rings (SSSR count). The molecule has 76 valence electrons. The van der Waals surface area contributed by atoms with Gasteiger partial charge in [0.25, 0.3) is 6.43 Å². The van der Waals surface area contributed by atoms with E-state index >= 15 is 0 Å². The first-order chi connectivity index (χ1) is 6.52. The summed E-state index contributed by atoms with van der Waals surface area (Å²) in [6.07, 6.45) is -2.53. The predicted octanol–water partition coefficient (Wildman–Crippen LogP) is 3.59. The van der Waals surface area contributed by atoms with E-state index < -0.39 is 6.43 Å². The van der Waals surface area contributed by atoms with Gasteiger partial charge < -0.3 is 0 Å². The van der Waals surface area contributed by atoms with Crippen LogP contribution in [0, 0.1) is 0 Å².